The molecule has 2 aromatic carbocycles. The molecule has 0 spiro atoms. The first-order valence-corrected chi connectivity index (χ1v) is 8.19. The highest BCUT2D eigenvalue weighted by Gasteiger charge is 2.16. The fourth-order valence-corrected chi connectivity index (χ4v) is 2.24. The maximum absolute atomic E-state index is 12.1. The Kier molecular flexibility index (Phi) is 6.63. The number of halogens is 1. The number of hydrogen-bond donors (Lipinski definition) is 3. The lowest BCUT2D eigenvalue weighted by Gasteiger charge is -2.14. The monoisotopic (exact) mass is 374 g/mol. The Morgan fingerprint density at radius 1 is 1.19 bits per heavy atom. The number of ether oxygens (including phenoxy) is 1. The van der Waals surface area contributed by atoms with Crippen LogP contribution in [0.2, 0.25) is 5.02 Å². The number of phenolic OH excluding ortho intramolecular Hbond substituents is 1. The Balaban J connectivity index is 1.91. The molecular formula is C19H19ClN2O4. The maximum atomic E-state index is 12.1. The first kappa shape index (κ1) is 19.3. The van der Waals surface area contributed by atoms with E-state index in [1.165, 1.54) is 31.2 Å². The van der Waals surface area contributed by atoms with Crippen molar-refractivity contribution in [3.63, 3.8) is 0 Å². The molecule has 0 saturated heterocycles. The molecule has 0 radical (unpaired) electrons. The van der Waals surface area contributed by atoms with Crippen molar-refractivity contribution in [2.75, 3.05) is 12.4 Å². The van der Waals surface area contributed by atoms with Crippen molar-refractivity contribution >= 4 is 35.2 Å². The predicted molar refractivity (Wildman–Crippen MR) is 101 cm³/mol. The number of methoxy groups -OCH3 is 1. The van der Waals surface area contributed by atoms with Gasteiger partial charge < -0.3 is 20.5 Å². The summed E-state index contributed by atoms with van der Waals surface area (Å²) in [7, 11) is 1.58. The molecule has 0 heterocycles. The SMILES string of the molecule is COc1ccc(C=CC(=O)NC(C)C(=O)Nc2cc(Cl)ccc2O)cc1. The third kappa shape index (κ3) is 5.53. The van der Waals surface area contributed by atoms with Crippen LogP contribution in [0.1, 0.15) is 12.5 Å². The quantitative estimate of drug-likeness (QED) is 0.535. The van der Waals surface area contributed by atoms with E-state index >= 15 is 0 Å². The number of carbonyl (C=O) groups excluding carboxylic acids is 2. The molecule has 0 bridgehead atoms. The van der Waals surface area contributed by atoms with E-state index in [0.29, 0.717) is 5.02 Å². The van der Waals surface area contributed by atoms with Crippen LogP contribution >= 0.6 is 11.6 Å². The minimum absolute atomic E-state index is 0.110. The third-order valence-corrected chi connectivity index (χ3v) is 3.75. The van der Waals surface area contributed by atoms with Gasteiger partial charge in [0.2, 0.25) is 11.8 Å². The summed E-state index contributed by atoms with van der Waals surface area (Å²) in [5, 5.41) is 15.2. The van der Waals surface area contributed by atoms with Crippen molar-refractivity contribution in [3.05, 3.63) is 59.1 Å². The molecule has 1 unspecified atom stereocenters. The van der Waals surface area contributed by atoms with Gasteiger partial charge in [0.15, 0.2) is 0 Å². The average molecular weight is 375 g/mol. The number of nitrogens with one attached hydrogen (secondary N) is 2. The van der Waals surface area contributed by atoms with Gasteiger partial charge in [-0.1, -0.05) is 23.7 Å². The van der Waals surface area contributed by atoms with Crippen LogP contribution in [0.4, 0.5) is 5.69 Å². The van der Waals surface area contributed by atoms with E-state index in [1.807, 2.05) is 0 Å². The fraction of sp³-hybridized carbons (Fsp3) is 0.158. The van der Waals surface area contributed by atoms with Crippen molar-refractivity contribution in [1.29, 1.82) is 0 Å². The zero-order valence-corrected chi connectivity index (χ0v) is 15.1. The molecule has 0 aliphatic carbocycles. The number of hydrogen-bond acceptors (Lipinski definition) is 4. The van der Waals surface area contributed by atoms with E-state index in [0.717, 1.165) is 11.3 Å². The van der Waals surface area contributed by atoms with Crippen LogP contribution in [0.25, 0.3) is 6.08 Å². The summed E-state index contributed by atoms with van der Waals surface area (Å²) in [5.74, 6) is -0.283. The minimum atomic E-state index is -0.804. The van der Waals surface area contributed by atoms with Crippen molar-refractivity contribution in [2.24, 2.45) is 0 Å². The molecule has 26 heavy (non-hydrogen) atoms. The van der Waals surface area contributed by atoms with Crippen LogP contribution in [0.3, 0.4) is 0 Å². The molecule has 6 nitrogen and oxygen atoms in total. The van der Waals surface area contributed by atoms with Gasteiger partial charge in [0.25, 0.3) is 0 Å². The van der Waals surface area contributed by atoms with Gasteiger partial charge in [-0.15, -0.1) is 0 Å². The highest BCUT2D eigenvalue weighted by Crippen LogP contribution is 2.26. The van der Waals surface area contributed by atoms with Gasteiger partial charge in [0.1, 0.15) is 17.5 Å². The number of anilines is 1. The Bertz CT molecular complexity index is 819. The lowest BCUT2D eigenvalue weighted by atomic mass is 10.2. The second kappa shape index (κ2) is 8.92. The van der Waals surface area contributed by atoms with Crippen LogP contribution in [-0.4, -0.2) is 30.1 Å². The number of amides is 2. The molecule has 0 aliphatic heterocycles. The molecule has 136 valence electrons. The first-order valence-electron chi connectivity index (χ1n) is 7.81. The largest absolute Gasteiger partial charge is 0.506 e. The summed E-state index contributed by atoms with van der Waals surface area (Å²) >= 11 is 5.83. The molecule has 2 aromatic rings. The van der Waals surface area contributed by atoms with E-state index in [4.69, 9.17) is 16.3 Å². The molecule has 1 atom stereocenters. The standard InChI is InChI=1S/C19H19ClN2O4/c1-12(19(25)22-16-11-14(20)6-9-17(16)23)21-18(24)10-5-13-3-7-15(26-2)8-4-13/h3-12,23H,1-2H3,(H,21,24)(H,22,25). The van der Waals surface area contributed by atoms with Gasteiger partial charge in [-0.05, 0) is 48.9 Å². The molecule has 7 heteroatoms. The van der Waals surface area contributed by atoms with Crippen molar-refractivity contribution in [1.82, 2.24) is 5.32 Å². The van der Waals surface area contributed by atoms with E-state index in [1.54, 1.807) is 37.5 Å². The highest BCUT2D eigenvalue weighted by molar-refractivity contribution is 6.31. The third-order valence-electron chi connectivity index (χ3n) is 3.51. The number of aromatic hydroxyl groups is 1. The lowest BCUT2D eigenvalue weighted by Crippen LogP contribution is -2.40. The minimum Gasteiger partial charge on any atom is -0.506 e. The van der Waals surface area contributed by atoms with Gasteiger partial charge in [-0.25, -0.2) is 0 Å². The molecule has 0 fully saturated rings. The van der Waals surface area contributed by atoms with Crippen LogP contribution in [0.5, 0.6) is 11.5 Å². The molecule has 0 saturated carbocycles. The van der Waals surface area contributed by atoms with Crippen LogP contribution in [-0.2, 0) is 9.59 Å². The van der Waals surface area contributed by atoms with Gasteiger partial charge in [-0.2, -0.15) is 0 Å². The second-order valence-electron chi connectivity index (χ2n) is 5.49. The second-order valence-corrected chi connectivity index (χ2v) is 5.92. The van der Waals surface area contributed by atoms with Gasteiger partial charge in [0, 0.05) is 11.1 Å². The Labute approximate surface area is 156 Å². The molecule has 0 aromatic heterocycles. The number of carbonyl (C=O) groups is 2. The van der Waals surface area contributed by atoms with Crippen molar-refractivity contribution < 1.29 is 19.4 Å². The van der Waals surface area contributed by atoms with Crippen LogP contribution < -0.4 is 15.4 Å². The zero-order valence-electron chi connectivity index (χ0n) is 14.3. The normalized spacial score (nSPS) is 11.8. The van der Waals surface area contributed by atoms with E-state index in [9.17, 15) is 14.7 Å². The zero-order chi connectivity index (χ0) is 19.1. The number of benzene rings is 2. The topological polar surface area (TPSA) is 87.7 Å². The van der Waals surface area contributed by atoms with E-state index in [2.05, 4.69) is 10.6 Å². The molecule has 2 amide bonds. The van der Waals surface area contributed by atoms with Gasteiger partial charge in [0.05, 0.1) is 12.8 Å². The first-order chi connectivity index (χ1) is 12.4. The smallest absolute Gasteiger partial charge is 0.246 e. The number of rotatable bonds is 6. The van der Waals surface area contributed by atoms with Crippen molar-refractivity contribution in [3.8, 4) is 11.5 Å². The fourth-order valence-electron chi connectivity index (χ4n) is 2.06. The van der Waals surface area contributed by atoms with E-state index < -0.39 is 17.9 Å². The van der Waals surface area contributed by atoms with Crippen LogP contribution in [0.15, 0.2) is 48.5 Å². The summed E-state index contributed by atoms with van der Waals surface area (Å²) in [5.41, 5.74) is 0.999. The van der Waals surface area contributed by atoms with Gasteiger partial charge >= 0.3 is 0 Å². The molecule has 0 aliphatic rings. The predicted octanol–water partition coefficient (Wildman–Crippen LogP) is 3.21. The van der Waals surface area contributed by atoms with Crippen LogP contribution in [0, 0.1) is 0 Å². The molecular weight excluding hydrogens is 356 g/mol. The lowest BCUT2D eigenvalue weighted by molar-refractivity contribution is -0.123. The summed E-state index contributed by atoms with van der Waals surface area (Å²) in [6.07, 6.45) is 2.96. The Morgan fingerprint density at radius 2 is 1.88 bits per heavy atom. The Hall–Kier alpha value is -2.99. The maximum Gasteiger partial charge on any atom is 0.246 e. The number of phenols is 1. The molecule has 2 rings (SSSR count). The summed E-state index contributed by atoms with van der Waals surface area (Å²) < 4.78 is 5.06. The average Bonchev–Trinajstić information content (AvgIpc) is 2.63. The Morgan fingerprint density at radius 3 is 2.54 bits per heavy atom. The van der Waals surface area contributed by atoms with Gasteiger partial charge in [-0.3, -0.25) is 9.59 Å². The highest BCUT2D eigenvalue weighted by atomic mass is 35.5. The summed E-state index contributed by atoms with van der Waals surface area (Å²) in [6, 6.07) is 10.7. The van der Waals surface area contributed by atoms with Crippen molar-refractivity contribution in [2.45, 2.75) is 13.0 Å². The summed E-state index contributed by atoms with van der Waals surface area (Å²) in [6.45, 7) is 1.54. The summed E-state index contributed by atoms with van der Waals surface area (Å²) in [4.78, 5) is 24.1. The molecule has 3 N–H and O–H groups in total. The van der Waals surface area contributed by atoms with E-state index in [-0.39, 0.29) is 11.4 Å².